The molecule has 0 saturated carbocycles. The van der Waals surface area contributed by atoms with Crippen LogP contribution in [0.25, 0.3) is 0 Å². The lowest BCUT2D eigenvalue weighted by Crippen LogP contribution is -2.56. The first-order valence-corrected chi connectivity index (χ1v) is 8.35. The first-order chi connectivity index (χ1) is 10.8. The zero-order valence-electron chi connectivity index (χ0n) is 16.2. The second-order valence-electron chi connectivity index (χ2n) is 7.60. The third-order valence-electron chi connectivity index (χ3n) is 2.77. The predicted octanol–water partition coefficient (Wildman–Crippen LogP) is 3.81. The van der Waals surface area contributed by atoms with Gasteiger partial charge in [0.05, 0.1) is 0 Å². The number of hydrogen-bond acceptors (Lipinski definition) is 5. The van der Waals surface area contributed by atoms with Gasteiger partial charge >= 0.3 is 12.2 Å². The molecule has 1 atom stereocenters. The lowest BCUT2D eigenvalue weighted by atomic mass is 10.1. The second kappa shape index (κ2) is 8.89. The Hall–Kier alpha value is -1.79. The molecule has 0 aliphatic heterocycles. The molecular weight excluding hydrogens is 312 g/mol. The average Bonchev–Trinajstić information content (AvgIpc) is 2.34. The lowest BCUT2D eigenvalue weighted by Gasteiger charge is -2.32. The Balaban J connectivity index is 5.37. The van der Waals surface area contributed by atoms with Crippen molar-refractivity contribution in [2.45, 2.75) is 91.9 Å². The number of amides is 2. The molecule has 1 N–H and O–H groups in total. The summed E-state index contributed by atoms with van der Waals surface area (Å²) >= 11 is 0. The summed E-state index contributed by atoms with van der Waals surface area (Å²) in [6.45, 7) is 13.9. The summed E-state index contributed by atoms with van der Waals surface area (Å²) in [6, 6.07) is -0.799. The number of nitrogens with one attached hydrogen (secondary N) is 1. The van der Waals surface area contributed by atoms with Gasteiger partial charge in [-0.3, -0.25) is 4.79 Å². The Kier molecular flexibility index (Phi) is 8.23. The van der Waals surface area contributed by atoms with E-state index in [0.717, 1.165) is 5.01 Å². The van der Waals surface area contributed by atoms with Crippen molar-refractivity contribution in [3.8, 4) is 0 Å². The van der Waals surface area contributed by atoms with Gasteiger partial charge in [-0.1, -0.05) is 13.8 Å². The first kappa shape index (κ1) is 22.2. The predicted molar refractivity (Wildman–Crippen MR) is 91.4 cm³/mol. The Morgan fingerprint density at radius 1 is 0.958 bits per heavy atom. The number of hydrogen-bond donors (Lipinski definition) is 1. The molecule has 0 radical (unpaired) electrons. The molecule has 0 spiro atoms. The van der Waals surface area contributed by atoms with Crippen molar-refractivity contribution in [2.24, 2.45) is 0 Å². The third kappa shape index (κ3) is 8.74. The number of ketones is 1. The van der Waals surface area contributed by atoms with E-state index >= 15 is 0 Å². The van der Waals surface area contributed by atoms with Gasteiger partial charge in [0.25, 0.3) is 0 Å². The molecule has 7 heteroatoms. The molecule has 0 aromatic rings. The molecule has 1 unspecified atom stereocenters. The fraction of sp³-hybridized carbons (Fsp3) is 0.824. The van der Waals surface area contributed by atoms with E-state index in [-0.39, 0.29) is 5.78 Å². The molecule has 0 rings (SSSR count). The van der Waals surface area contributed by atoms with Gasteiger partial charge in [0.1, 0.15) is 17.2 Å². The van der Waals surface area contributed by atoms with Crippen LogP contribution in [-0.4, -0.2) is 40.2 Å². The minimum Gasteiger partial charge on any atom is -0.443 e. The Morgan fingerprint density at radius 3 is 1.83 bits per heavy atom. The van der Waals surface area contributed by atoms with Crippen LogP contribution in [0.3, 0.4) is 0 Å². The molecule has 140 valence electrons. The minimum atomic E-state index is -0.809. The van der Waals surface area contributed by atoms with Crippen LogP contribution in [0.4, 0.5) is 9.59 Å². The Morgan fingerprint density at radius 2 is 1.46 bits per heavy atom. The van der Waals surface area contributed by atoms with Gasteiger partial charge in [-0.25, -0.2) is 20.0 Å². The van der Waals surface area contributed by atoms with E-state index in [9.17, 15) is 14.4 Å². The first-order valence-electron chi connectivity index (χ1n) is 8.35. The van der Waals surface area contributed by atoms with E-state index in [4.69, 9.17) is 9.47 Å². The van der Waals surface area contributed by atoms with Crippen molar-refractivity contribution >= 4 is 18.0 Å². The molecule has 7 nitrogen and oxygen atoms in total. The summed E-state index contributed by atoms with van der Waals surface area (Å²) < 4.78 is 10.5. The Labute approximate surface area is 145 Å². The SMILES string of the molecule is CCCC(=O)C(CC)N(NC(=O)OC(C)(C)C)C(=O)OC(C)(C)C. The van der Waals surface area contributed by atoms with Crippen molar-refractivity contribution in [3.05, 3.63) is 0 Å². The highest BCUT2D eigenvalue weighted by Gasteiger charge is 2.34. The van der Waals surface area contributed by atoms with Gasteiger partial charge < -0.3 is 9.47 Å². The fourth-order valence-corrected chi connectivity index (χ4v) is 1.93. The number of nitrogens with zero attached hydrogens (tertiary/aromatic N) is 1. The molecule has 0 aromatic carbocycles. The van der Waals surface area contributed by atoms with Crippen LogP contribution in [-0.2, 0) is 14.3 Å². The van der Waals surface area contributed by atoms with Crippen LogP contribution in [0.15, 0.2) is 0 Å². The van der Waals surface area contributed by atoms with Gasteiger partial charge in [0.15, 0.2) is 5.78 Å². The highest BCUT2D eigenvalue weighted by atomic mass is 16.6. The zero-order chi connectivity index (χ0) is 19.1. The van der Waals surface area contributed by atoms with Gasteiger partial charge in [-0.05, 0) is 54.4 Å². The molecule has 24 heavy (non-hydrogen) atoms. The summed E-state index contributed by atoms with van der Waals surface area (Å²) in [4.78, 5) is 36.8. The summed E-state index contributed by atoms with van der Waals surface area (Å²) in [7, 11) is 0. The molecule has 2 amide bonds. The molecule has 0 aliphatic rings. The number of carbonyl (C=O) groups is 3. The maximum absolute atomic E-state index is 12.5. The van der Waals surface area contributed by atoms with Crippen molar-refractivity contribution < 1.29 is 23.9 Å². The van der Waals surface area contributed by atoms with Crippen LogP contribution in [0.2, 0.25) is 0 Å². The van der Waals surface area contributed by atoms with Gasteiger partial charge in [0.2, 0.25) is 0 Å². The topological polar surface area (TPSA) is 84.9 Å². The van der Waals surface area contributed by atoms with E-state index in [1.807, 2.05) is 6.92 Å². The number of ether oxygens (including phenoxy) is 2. The highest BCUT2D eigenvalue weighted by Crippen LogP contribution is 2.15. The molecule has 0 bridgehead atoms. The Bertz CT molecular complexity index is 449. The number of carbonyl (C=O) groups excluding carboxylic acids is 3. The third-order valence-corrected chi connectivity index (χ3v) is 2.77. The van der Waals surface area contributed by atoms with Crippen molar-refractivity contribution in [2.75, 3.05) is 0 Å². The normalized spacial score (nSPS) is 13.0. The van der Waals surface area contributed by atoms with E-state index in [2.05, 4.69) is 5.43 Å². The molecule has 0 heterocycles. The van der Waals surface area contributed by atoms with E-state index in [0.29, 0.717) is 19.3 Å². The molecule has 0 saturated heterocycles. The van der Waals surface area contributed by atoms with Crippen LogP contribution in [0.1, 0.15) is 74.7 Å². The maximum atomic E-state index is 12.5. The minimum absolute atomic E-state index is 0.137. The monoisotopic (exact) mass is 344 g/mol. The summed E-state index contributed by atoms with van der Waals surface area (Å²) in [5.41, 5.74) is 0.887. The van der Waals surface area contributed by atoms with Crippen LogP contribution in [0.5, 0.6) is 0 Å². The number of rotatable bonds is 5. The fourth-order valence-electron chi connectivity index (χ4n) is 1.93. The molecule has 0 fully saturated rings. The van der Waals surface area contributed by atoms with Crippen LogP contribution in [0, 0.1) is 0 Å². The van der Waals surface area contributed by atoms with Crippen molar-refractivity contribution in [1.29, 1.82) is 0 Å². The lowest BCUT2D eigenvalue weighted by molar-refractivity contribution is -0.125. The van der Waals surface area contributed by atoms with Crippen molar-refractivity contribution in [3.63, 3.8) is 0 Å². The highest BCUT2D eigenvalue weighted by molar-refractivity contribution is 5.88. The average molecular weight is 344 g/mol. The summed E-state index contributed by atoms with van der Waals surface area (Å²) in [5.74, 6) is -0.137. The van der Waals surface area contributed by atoms with Gasteiger partial charge in [-0.2, -0.15) is 0 Å². The standard InChI is InChI=1S/C17H32N2O5/c1-9-11-13(20)12(10-2)19(15(22)24-17(6,7)8)18-14(21)23-16(3,4)5/h12H,9-11H2,1-8H3,(H,18,21). The van der Waals surface area contributed by atoms with Crippen LogP contribution < -0.4 is 5.43 Å². The smallest absolute Gasteiger partial charge is 0.429 e. The zero-order valence-corrected chi connectivity index (χ0v) is 16.2. The quantitative estimate of drug-likeness (QED) is 0.767. The molecule has 0 aromatic heterocycles. The second-order valence-corrected chi connectivity index (χ2v) is 7.60. The van der Waals surface area contributed by atoms with E-state index in [1.54, 1.807) is 48.5 Å². The molecular formula is C17H32N2O5. The van der Waals surface area contributed by atoms with E-state index < -0.39 is 29.4 Å². The maximum Gasteiger partial charge on any atom is 0.429 e. The summed E-state index contributed by atoms with van der Waals surface area (Å²) in [5, 5.41) is 0.942. The summed E-state index contributed by atoms with van der Waals surface area (Å²) in [6.07, 6.45) is -0.272. The van der Waals surface area contributed by atoms with Gasteiger partial charge in [-0.15, -0.1) is 0 Å². The number of hydrazine groups is 1. The van der Waals surface area contributed by atoms with Crippen molar-refractivity contribution in [1.82, 2.24) is 10.4 Å². The van der Waals surface area contributed by atoms with E-state index in [1.165, 1.54) is 0 Å². The number of Topliss-reactive ketones (excluding diaryl/α,β-unsaturated/α-hetero) is 1. The van der Waals surface area contributed by atoms with Crippen LogP contribution >= 0.6 is 0 Å². The largest absolute Gasteiger partial charge is 0.443 e. The molecule has 0 aliphatic carbocycles. The van der Waals surface area contributed by atoms with Gasteiger partial charge in [0, 0.05) is 6.42 Å².